The molecular formula is C18H28N6O. The number of piperazine rings is 1. The monoisotopic (exact) mass is 344 g/mol. The predicted octanol–water partition coefficient (Wildman–Crippen LogP) is 1.84. The topological polar surface area (TPSA) is 58.8 Å². The molecule has 7 nitrogen and oxygen atoms in total. The molecule has 0 aromatic carbocycles. The molecule has 0 radical (unpaired) electrons. The molecule has 0 bridgehead atoms. The number of ether oxygens (including phenoxy) is 1. The van der Waals surface area contributed by atoms with Crippen molar-refractivity contribution in [2.75, 3.05) is 44.2 Å². The number of rotatable bonds is 5. The fourth-order valence-electron chi connectivity index (χ4n) is 3.95. The van der Waals surface area contributed by atoms with Crippen molar-refractivity contribution in [1.29, 1.82) is 0 Å². The van der Waals surface area contributed by atoms with Gasteiger partial charge in [-0.1, -0.05) is 19.8 Å². The standard InChI is InChI=1S/C18H28N6O/c1-15-4-2-3-5-16(15)25-13-12-22-8-10-23(11-9-22)18-7-6-17-20-19-14-24(17)21-18/h6-7,14-16H,2-5,8-13H2,1H3. The Morgan fingerprint density at radius 2 is 1.96 bits per heavy atom. The minimum absolute atomic E-state index is 0.481. The summed E-state index contributed by atoms with van der Waals surface area (Å²) in [5.74, 6) is 1.73. The molecule has 2 atom stereocenters. The minimum atomic E-state index is 0.481. The zero-order valence-electron chi connectivity index (χ0n) is 15.0. The predicted molar refractivity (Wildman–Crippen MR) is 96.8 cm³/mol. The Labute approximate surface area is 149 Å². The maximum Gasteiger partial charge on any atom is 0.177 e. The summed E-state index contributed by atoms with van der Waals surface area (Å²) in [5, 5.41) is 12.5. The third kappa shape index (κ3) is 3.93. The second kappa shape index (κ2) is 7.66. The summed E-state index contributed by atoms with van der Waals surface area (Å²) in [5.41, 5.74) is 0.788. The van der Waals surface area contributed by atoms with Gasteiger partial charge in [0.05, 0.1) is 12.7 Å². The van der Waals surface area contributed by atoms with Gasteiger partial charge in [0.25, 0.3) is 0 Å². The smallest absolute Gasteiger partial charge is 0.177 e. The first-order valence-electron chi connectivity index (χ1n) is 9.55. The van der Waals surface area contributed by atoms with Crippen molar-refractivity contribution < 1.29 is 4.74 Å². The van der Waals surface area contributed by atoms with Crippen LogP contribution in [0.1, 0.15) is 32.6 Å². The molecule has 2 aliphatic rings. The van der Waals surface area contributed by atoms with Crippen molar-refractivity contribution >= 4 is 11.5 Å². The number of anilines is 1. The summed E-state index contributed by atoms with van der Waals surface area (Å²) in [4.78, 5) is 4.83. The Kier molecular flexibility index (Phi) is 5.12. The molecule has 1 aliphatic carbocycles. The highest BCUT2D eigenvalue weighted by Crippen LogP contribution is 2.26. The lowest BCUT2D eigenvalue weighted by Gasteiger charge is -2.36. The van der Waals surface area contributed by atoms with Crippen molar-refractivity contribution in [3.8, 4) is 0 Å². The van der Waals surface area contributed by atoms with Crippen LogP contribution in [0.5, 0.6) is 0 Å². The molecule has 25 heavy (non-hydrogen) atoms. The molecule has 1 aliphatic heterocycles. The van der Waals surface area contributed by atoms with Gasteiger partial charge in [0.2, 0.25) is 0 Å². The highest BCUT2D eigenvalue weighted by atomic mass is 16.5. The van der Waals surface area contributed by atoms with Crippen LogP contribution in [-0.4, -0.2) is 70.1 Å². The van der Waals surface area contributed by atoms with Gasteiger partial charge in [0.15, 0.2) is 5.65 Å². The first-order chi connectivity index (χ1) is 12.3. The van der Waals surface area contributed by atoms with E-state index in [0.29, 0.717) is 6.10 Å². The molecule has 0 N–H and O–H groups in total. The van der Waals surface area contributed by atoms with Crippen molar-refractivity contribution in [2.24, 2.45) is 5.92 Å². The molecule has 3 heterocycles. The van der Waals surface area contributed by atoms with Crippen LogP contribution in [0.2, 0.25) is 0 Å². The van der Waals surface area contributed by atoms with Crippen LogP contribution in [0, 0.1) is 5.92 Å². The van der Waals surface area contributed by atoms with Crippen LogP contribution in [0.25, 0.3) is 5.65 Å². The molecule has 4 rings (SSSR count). The molecule has 7 heteroatoms. The molecule has 2 fully saturated rings. The van der Waals surface area contributed by atoms with E-state index in [1.165, 1.54) is 25.7 Å². The van der Waals surface area contributed by atoms with Crippen LogP contribution in [0.4, 0.5) is 5.82 Å². The molecule has 136 valence electrons. The molecule has 2 aromatic heterocycles. The number of hydrogen-bond donors (Lipinski definition) is 0. The van der Waals surface area contributed by atoms with E-state index in [2.05, 4.69) is 32.0 Å². The third-order valence-corrected chi connectivity index (χ3v) is 5.62. The second-order valence-electron chi connectivity index (χ2n) is 7.32. The van der Waals surface area contributed by atoms with Gasteiger partial charge in [0.1, 0.15) is 12.1 Å². The number of aromatic nitrogens is 4. The van der Waals surface area contributed by atoms with Crippen molar-refractivity contribution in [1.82, 2.24) is 24.7 Å². The average molecular weight is 344 g/mol. The van der Waals surface area contributed by atoms with Crippen LogP contribution in [-0.2, 0) is 4.74 Å². The highest BCUT2D eigenvalue weighted by Gasteiger charge is 2.23. The molecule has 2 unspecified atom stereocenters. The van der Waals surface area contributed by atoms with Crippen LogP contribution < -0.4 is 4.90 Å². The average Bonchev–Trinajstić information content (AvgIpc) is 3.12. The summed E-state index contributed by atoms with van der Waals surface area (Å²) in [6, 6.07) is 4.01. The van der Waals surface area contributed by atoms with Gasteiger partial charge >= 0.3 is 0 Å². The Bertz CT molecular complexity index is 681. The van der Waals surface area contributed by atoms with Gasteiger partial charge in [-0.05, 0) is 30.9 Å². The van der Waals surface area contributed by atoms with Gasteiger partial charge in [0, 0.05) is 32.7 Å². The Hall–Kier alpha value is -1.73. The zero-order valence-corrected chi connectivity index (χ0v) is 15.0. The van der Waals surface area contributed by atoms with Crippen LogP contribution in [0.15, 0.2) is 18.5 Å². The minimum Gasteiger partial charge on any atom is -0.377 e. The third-order valence-electron chi connectivity index (χ3n) is 5.62. The summed E-state index contributed by atoms with van der Waals surface area (Å²) < 4.78 is 7.90. The summed E-state index contributed by atoms with van der Waals surface area (Å²) >= 11 is 0. The van der Waals surface area contributed by atoms with Gasteiger partial charge in [-0.2, -0.15) is 4.52 Å². The number of nitrogens with zero attached hydrogens (tertiary/aromatic N) is 6. The van der Waals surface area contributed by atoms with Gasteiger partial charge < -0.3 is 9.64 Å². The highest BCUT2D eigenvalue weighted by molar-refractivity contribution is 5.45. The maximum absolute atomic E-state index is 6.16. The van der Waals surface area contributed by atoms with Crippen molar-refractivity contribution in [3.63, 3.8) is 0 Å². The first-order valence-corrected chi connectivity index (χ1v) is 9.55. The second-order valence-corrected chi connectivity index (χ2v) is 7.32. The zero-order chi connectivity index (χ0) is 17.1. The SMILES string of the molecule is CC1CCCCC1OCCN1CCN(c2ccc3nncn3n2)CC1. The van der Waals surface area contributed by atoms with E-state index in [9.17, 15) is 0 Å². The van der Waals surface area contributed by atoms with E-state index < -0.39 is 0 Å². The quantitative estimate of drug-likeness (QED) is 0.825. The molecule has 0 spiro atoms. The van der Waals surface area contributed by atoms with E-state index in [4.69, 9.17) is 4.74 Å². The first kappa shape index (κ1) is 16.7. The molecule has 1 saturated carbocycles. The summed E-state index contributed by atoms with van der Waals surface area (Å²) in [6.07, 6.45) is 7.41. The lowest BCUT2D eigenvalue weighted by Crippen LogP contribution is -2.48. The van der Waals surface area contributed by atoms with Gasteiger partial charge in [-0.15, -0.1) is 15.3 Å². The Balaban J connectivity index is 1.22. The van der Waals surface area contributed by atoms with Crippen LogP contribution >= 0.6 is 0 Å². The van der Waals surface area contributed by atoms with Crippen molar-refractivity contribution in [2.45, 2.75) is 38.7 Å². The van der Waals surface area contributed by atoms with E-state index >= 15 is 0 Å². The summed E-state index contributed by atoms with van der Waals surface area (Å²) in [7, 11) is 0. The van der Waals surface area contributed by atoms with Crippen LogP contribution in [0.3, 0.4) is 0 Å². The van der Waals surface area contributed by atoms with E-state index in [0.717, 1.165) is 56.7 Å². The molecule has 1 saturated heterocycles. The van der Waals surface area contributed by atoms with Gasteiger partial charge in [-0.3, -0.25) is 4.90 Å². The molecule has 2 aromatic rings. The fourth-order valence-corrected chi connectivity index (χ4v) is 3.95. The van der Waals surface area contributed by atoms with Crippen molar-refractivity contribution in [3.05, 3.63) is 18.5 Å². The Morgan fingerprint density at radius 3 is 2.80 bits per heavy atom. The summed E-state index contributed by atoms with van der Waals surface area (Å²) in [6.45, 7) is 8.36. The normalized spacial score (nSPS) is 25.6. The fraction of sp³-hybridized carbons (Fsp3) is 0.722. The van der Waals surface area contributed by atoms with Gasteiger partial charge in [-0.25, -0.2) is 0 Å². The number of fused-ring (bicyclic) bond motifs is 1. The lowest BCUT2D eigenvalue weighted by atomic mass is 9.88. The Morgan fingerprint density at radius 1 is 1.12 bits per heavy atom. The van der Waals surface area contributed by atoms with E-state index in [1.807, 2.05) is 12.1 Å². The van der Waals surface area contributed by atoms with E-state index in [-0.39, 0.29) is 0 Å². The largest absolute Gasteiger partial charge is 0.377 e. The molecule has 0 amide bonds. The van der Waals surface area contributed by atoms with E-state index in [1.54, 1.807) is 10.8 Å². The molecular weight excluding hydrogens is 316 g/mol. The maximum atomic E-state index is 6.16. The lowest BCUT2D eigenvalue weighted by molar-refractivity contribution is -0.0141. The number of hydrogen-bond acceptors (Lipinski definition) is 6.